The van der Waals surface area contributed by atoms with Gasteiger partial charge in [0.25, 0.3) is 0 Å². The zero-order chi connectivity index (χ0) is 16.9. The Morgan fingerprint density at radius 2 is 1.72 bits per heavy atom. The van der Waals surface area contributed by atoms with E-state index in [0.29, 0.717) is 23.8 Å². The Labute approximate surface area is 151 Å². The molecule has 0 saturated carbocycles. The SMILES string of the molecule is C1=CCC(C2CCCC=C2NC2C=CC=CC2c2ccccc2)C=C1. The number of hydrogen-bond donors (Lipinski definition) is 1. The predicted molar refractivity (Wildman–Crippen MR) is 106 cm³/mol. The normalized spacial score (nSPS) is 31.0. The summed E-state index contributed by atoms with van der Waals surface area (Å²) in [7, 11) is 0. The molecule has 0 bridgehead atoms. The van der Waals surface area contributed by atoms with Crippen molar-refractivity contribution in [3.8, 4) is 0 Å². The molecule has 1 aromatic carbocycles. The van der Waals surface area contributed by atoms with Crippen molar-refractivity contribution in [3.05, 3.63) is 96.3 Å². The van der Waals surface area contributed by atoms with Gasteiger partial charge in [0.05, 0.1) is 6.04 Å². The molecule has 25 heavy (non-hydrogen) atoms. The molecule has 3 aliphatic rings. The number of rotatable bonds is 4. The van der Waals surface area contributed by atoms with Crippen molar-refractivity contribution in [3.63, 3.8) is 0 Å². The highest BCUT2D eigenvalue weighted by atomic mass is 14.9. The van der Waals surface area contributed by atoms with E-state index in [2.05, 4.69) is 90.3 Å². The molecule has 0 aromatic heterocycles. The number of hydrogen-bond acceptors (Lipinski definition) is 1. The standard InChI is InChI=1S/C24H27N/c1-3-11-19(12-4-1)21-15-7-9-17-23(21)25-24-18-10-8-16-22(24)20-13-5-2-6-14-20/h1-7,9,11-13,15,17-18,20-23,25H,8,10,14,16H2. The minimum Gasteiger partial charge on any atom is -0.381 e. The van der Waals surface area contributed by atoms with Crippen molar-refractivity contribution in [2.75, 3.05) is 0 Å². The zero-order valence-electron chi connectivity index (χ0n) is 14.7. The Hall–Kier alpha value is -2.28. The number of benzene rings is 1. The summed E-state index contributed by atoms with van der Waals surface area (Å²) in [5.41, 5.74) is 2.84. The van der Waals surface area contributed by atoms with Crippen molar-refractivity contribution >= 4 is 0 Å². The second-order valence-corrected chi connectivity index (χ2v) is 7.29. The van der Waals surface area contributed by atoms with Crippen LogP contribution >= 0.6 is 0 Å². The summed E-state index contributed by atoms with van der Waals surface area (Å²) in [6.07, 6.45) is 25.5. The van der Waals surface area contributed by atoms with Crippen molar-refractivity contribution in [2.45, 2.75) is 37.6 Å². The van der Waals surface area contributed by atoms with Gasteiger partial charge < -0.3 is 5.32 Å². The smallest absolute Gasteiger partial charge is 0.0547 e. The lowest BCUT2D eigenvalue weighted by Crippen LogP contribution is -2.37. The third kappa shape index (κ3) is 3.71. The maximum atomic E-state index is 3.92. The highest BCUT2D eigenvalue weighted by Gasteiger charge is 2.28. The molecule has 0 fully saturated rings. The van der Waals surface area contributed by atoms with Crippen molar-refractivity contribution in [2.24, 2.45) is 11.8 Å². The van der Waals surface area contributed by atoms with Crippen molar-refractivity contribution in [1.29, 1.82) is 0 Å². The monoisotopic (exact) mass is 329 g/mol. The molecule has 0 heterocycles. The van der Waals surface area contributed by atoms with Crippen LogP contribution in [0.4, 0.5) is 0 Å². The second kappa shape index (κ2) is 7.74. The van der Waals surface area contributed by atoms with Crippen LogP contribution in [-0.4, -0.2) is 6.04 Å². The van der Waals surface area contributed by atoms with E-state index >= 15 is 0 Å². The van der Waals surface area contributed by atoms with Gasteiger partial charge in [0, 0.05) is 17.5 Å². The average molecular weight is 329 g/mol. The largest absolute Gasteiger partial charge is 0.381 e. The number of nitrogens with one attached hydrogen (secondary N) is 1. The summed E-state index contributed by atoms with van der Waals surface area (Å²) in [6.45, 7) is 0. The van der Waals surface area contributed by atoms with Crippen LogP contribution in [0.5, 0.6) is 0 Å². The van der Waals surface area contributed by atoms with Crippen LogP contribution in [0.2, 0.25) is 0 Å². The summed E-state index contributed by atoms with van der Waals surface area (Å²) < 4.78 is 0. The van der Waals surface area contributed by atoms with Crippen LogP contribution < -0.4 is 5.32 Å². The van der Waals surface area contributed by atoms with Gasteiger partial charge in [-0.05, 0) is 37.2 Å². The lowest BCUT2D eigenvalue weighted by atomic mass is 9.78. The molecule has 0 saturated heterocycles. The Kier molecular flexibility index (Phi) is 5.01. The van der Waals surface area contributed by atoms with Gasteiger partial charge in [-0.1, -0.05) is 85.0 Å². The summed E-state index contributed by atoms with van der Waals surface area (Å²) in [5.74, 6) is 1.67. The molecule has 128 valence electrons. The molecular weight excluding hydrogens is 302 g/mol. The highest BCUT2D eigenvalue weighted by molar-refractivity contribution is 5.34. The summed E-state index contributed by atoms with van der Waals surface area (Å²) in [5, 5.41) is 3.92. The lowest BCUT2D eigenvalue weighted by molar-refractivity contribution is 0.366. The van der Waals surface area contributed by atoms with E-state index in [0.717, 1.165) is 0 Å². The Morgan fingerprint density at radius 1 is 0.880 bits per heavy atom. The van der Waals surface area contributed by atoms with Gasteiger partial charge in [0.1, 0.15) is 0 Å². The first kappa shape index (κ1) is 16.2. The van der Waals surface area contributed by atoms with E-state index in [-0.39, 0.29) is 0 Å². The molecule has 1 aromatic rings. The van der Waals surface area contributed by atoms with Gasteiger partial charge in [-0.25, -0.2) is 0 Å². The number of allylic oxidation sites excluding steroid dienone is 8. The Bertz CT molecular complexity index is 720. The molecule has 0 aliphatic heterocycles. The summed E-state index contributed by atoms with van der Waals surface area (Å²) in [4.78, 5) is 0. The van der Waals surface area contributed by atoms with Crippen LogP contribution in [0.25, 0.3) is 0 Å². The molecule has 4 unspecified atom stereocenters. The van der Waals surface area contributed by atoms with Gasteiger partial charge in [0.2, 0.25) is 0 Å². The zero-order valence-corrected chi connectivity index (χ0v) is 14.7. The molecule has 0 spiro atoms. The van der Waals surface area contributed by atoms with Crippen molar-refractivity contribution in [1.82, 2.24) is 5.32 Å². The van der Waals surface area contributed by atoms with E-state index in [4.69, 9.17) is 0 Å². The van der Waals surface area contributed by atoms with E-state index in [1.54, 1.807) is 0 Å². The van der Waals surface area contributed by atoms with Gasteiger partial charge in [0.15, 0.2) is 0 Å². The van der Waals surface area contributed by atoms with Crippen LogP contribution in [0.3, 0.4) is 0 Å². The summed E-state index contributed by atoms with van der Waals surface area (Å²) in [6, 6.07) is 11.2. The van der Waals surface area contributed by atoms with E-state index in [1.807, 2.05) is 0 Å². The maximum Gasteiger partial charge on any atom is 0.0547 e. The fraction of sp³-hybridized carbons (Fsp3) is 0.333. The van der Waals surface area contributed by atoms with Crippen LogP contribution in [0.15, 0.2) is 90.7 Å². The fourth-order valence-corrected chi connectivity index (χ4v) is 4.34. The van der Waals surface area contributed by atoms with Gasteiger partial charge >= 0.3 is 0 Å². The Balaban J connectivity index is 1.53. The van der Waals surface area contributed by atoms with Crippen LogP contribution in [0.1, 0.15) is 37.2 Å². The second-order valence-electron chi connectivity index (χ2n) is 7.29. The molecule has 3 aliphatic carbocycles. The molecule has 1 heteroatoms. The summed E-state index contributed by atoms with van der Waals surface area (Å²) >= 11 is 0. The average Bonchev–Trinajstić information content (AvgIpc) is 2.70. The first-order chi connectivity index (χ1) is 12.4. The first-order valence-corrected chi connectivity index (χ1v) is 9.62. The third-order valence-electron chi connectivity index (χ3n) is 5.67. The fourth-order valence-electron chi connectivity index (χ4n) is 4.34. The van der Waals surface area contributed by atoms with E-state index in [9.17, 15) is 0 Å². The molecule has 0 radical (unpaired) electrons. The van der Waals surface area contributed by atoms with Crippen LogP contribution in [-0.2, 0) is 0 Å². The lowest BCUT2D eigenvalue weighted by Gasteiger charge is -2.35. The van der Waals surface area contributed by atoms with Crippen molar-refractivity contribution < 1.29 is 0 Å². The minimum atomic E-state index is 0.336. The van der Waals surface area contributed by atoms with Gasteiger partial charge in [-0.3, -0.25) is 0 Å². The first-order valence-electron chi connectivity index (χ1n) is 9.62. The topological polar surface area (TPSA) is 12.0 Å². The molecule has 0 amide bonds. The predicted octanol–water partition coefficient (Wildman–Crippen LogP) is 5.67. The quantitative estimate of drug-likeness (QED) is 0.750. The van der Waals surface area contributed by atoms with Crippen LogP contribution in [0, 0.1) is 11.8 Å². The van der Waals surface area contributed by atoms with E-state index in [1.165, 1.54) is 36.9 Å². The van der Waals surface area contributed by atoms with Gasteiger partial charge in [-0.2, -0.15) is 0 Å². The molecule has 1 N–H and O–H groups in total. The van der Waals surface area contributed by atoms with E-state index < -0.39 is 0 Å². The van der Waals surface area contributed by atoms with Gasteiger partial charge in [-0.15, -0.1) is 0 Å². The molecular formula is C24H27N. The molecule has 4 rings (SSSR count). The highest BCUT2D eigenvalue weighted by Crippen LogP contribution is 2.35. The third-order valence-corrected chi connectivity index (χ3v) is 5.67. The molecule has 4 atom stereocenters. The molecule has 1 nitrogen and oxygen atoms in total. The maximum absolute atomic E-state index is 3.92. The Morgan fingerprint density at radius 3 is 2.56 bits per heavy atom. The minimum absolute atomic E-state index is 0.336.